The number of benzene rings is 2. The molecule has 0 saturated carbocycles. The molecule has 73 valence electrons. The van der Waals surface area contributed by atoms with Gasteiger partial charge in [-0.25, -0.2) is 0 Å². The highest BCUT2D eigenvalue weighted by Crippen LogP contribution is 2.05. The van der Waals surface area contributed by atoms with Crippen LogP contribution >= 0.6 is 0 Å². The van der Waals surface area contributed by atoms with Gasteiger partial charge in [-0.3, -0.25) is 0 Å². The van der Waals surface area contributed by atoms with Crippen LogP contribution in [0.5, 0.6) is 11.5 Å². The van der Waals surface area contributed by atoms with Crippen LogP contribution in [-0.2, 0) is 0 Å². The molecule has 2 nitrogen and oxygen atoms in total. The van der Waals surface area contributed by atoms with E-state index in [1.807, 2.05) is 24.3 Å². The van der Waals surface area contributed by atoms with Crippen molar-refractivity contribution in [1.82, 2.24) is 0 Å². The van der Waals surface area contributed by atoms with E-state index in [9.17, 15) is 10.2 Å². The molecular weight excluding hydrogens is 203 g/mol. The standard InChI is InChI=1S/2C6H5O.Al/c2*7-6-4-2-1-3-5-6;/h2*1-4,7H;. The van der Waals surface area contributed by atoms with Crippen LogP contribution in [0.3, 0.4) is 0 Å². The van der Waals surface area contributed by atoms with Gasteiger partial charge >= 0.3 is 15.2 Å². The molecule has 0 heterocycles. The van der Waals surface area contributed by atoms with Crippen molar-refractivity contribution in [2.24, 2.45) is 0 Å². The highest BCUT2D eigenvalue weighted by Gasteiger charge is 2.07. The lowest BCUT2D eigenvalue weighted by molar-refractivity contribution is 0.479. The molecule has 2 N–H and O–H groups in total. The van der Waals surface area contributed by atoms with Gasteiger partial charge < -0.3 is 10.2 Å². The Kier molecular flexibility index (Phi) is 2.96. The molecule has 2 aromatic carbocycles. The molecule has 2 aromatic rings. The molecule has 0 spiro atoms. The van der Waals surface area contributed by atoms with Crippen molar-refractivity contribution in [2.75, 3.05) is 0 Å². The summed E-state index contributed by atoms with van der Waals surface area (Å²) >= 11 is -0.259. The molecule has 2 rings (SSSR count). The maximum absolute atomic E-state index is 9.60. The fourth-order valence-electron chi connectivity index (χ4n) is 1.39. The average Bonchev–Trinajstić information content (AvgIpc) is 2.24. The molecule has 0 aromatic heterocycles. The van der Waals surface area contributed by atoms with Crippen molar-refractivity contribution in [3.8, 4) is 11.5 Å². The number of phenols is 2. The molecule has 0 saturated heterocycles. The highest BCUT2D eigenvalue weighted by atomic mass is 27.1. The normalized spacial score (nSPS) is 9.87. The van der Waals surface area contributed by atoms with Crippen LogP contribution in [0.1, 0.15) is 0 Å². The molecule has 0 bridgehead atoms. The van der Waals surface area contributed by atoms with Gasteiger partial charge in [0.05, 0.1) is 0 Å². The van der Waals surface area contributed by atoms with Crippen LogP contribution in [0.15, 0.2) is 48.5 Å². The second kappa shape index (κ2) is 4.40. The van der Waals surface area contributed by atoms with Gasteiger partial charge in [-0.15, -0.1) is 0 Å². The molecule has 0 atom stereocenters. The minimum absolute atomic E-state index is 0.259. The summed E-state index contributed by atoms with van der Waals surface area (Å²) in [7, 11) is 0. The minimum atomic E-state index is -0.259. The molecule has 1 radical (unpaired) electrons. The fraction of sp³-hybridized carbons (Fsp3) is 0. The zero-order valence-corrected chi connectivity index (χ0v) is 9.25. The number of rotatable bonds is 2. The van der Waals surface area contributed by atoms with Crippen LogP contribution in [0.4, 0.5) is 0 Å². The number of para-hydroxylation sites is 2. The lowest BCUT2D eigenvalue weighted by Crippen LogP contribution is -2.27. The lowest BCUT2D eigenvalue weighted by atomic mass is 10.3. The van der Waals surface area contributed by atoms with Crippen LogP contribution in [0, 0.1) is 0 Å². The summed E-state index contributed by atoms with van der Waals surface area (Å²) in [6.07, 6.45) is 0. The van der Waals surface area contributed by atoms with Crippen molar-refractivity contribution in [3.63, 3.8) is 0 Å². The topological polar surface area (TPSA) is 40.5 Å². The van der Waals surface area contributed by atoms with E-state index in [0.29, 0.717) is 11.5 Å². The average molecular weight is 213 g/mol. The molecule has 0 aliphatic rings. The molecule has 0 aliphatic heterocycles. The van der Waals surface area contributed by atoms with Gasteiger partial charge in [0.15, 0.2) is 0 Å². The summed E-state index contributed by atoms with van der Waals surface area (Å²) in [5.41, 5.74) is 0. The van der Waals surface area contributed by atoms with Crippen molar-refractivity contribution in [1.29, 1.82) is 0 Å². The third-order valence-corrected chi connectivity index (χ3v) is 3.78. The molecule has 0 unspecified atom stereocenters. The fourth-order valence-corrected chi connectivity index (χ4v) is 2.62. The number of hydrogen-bond donors (Lipinski definition) is 2. The quantitative estimate of drug-likeness (QED) is 0.723. The summed E-state index contributed by atoms with van der Waals surface area (Å²) in [6, 6.07) is 14.5. The predicted molar refractivity (Wildman–Crippen MR) is 61.2 cm³/mol. The number of phenolic OH excluding ortho intramolecular Hbond substituents is 2. The van der Waals surface area contributed by atoms with Crippen molar-refractivity contribution < 1.29 is 10.2 Å². The van der Waals surface area contributed by atoms with Crippen LogP contribution < -0.4 is 8.85 Å². The van der Waals surface area contributed by atoms with Gasteiger partial charge in [-0.1, -0.05) is 45.2 Å². The van der Waals surface area contributed by atoms with Gasteiger partial charge in [-0.05, 0) is 12.1 Å². The van der Waals surface area contributed by atoms with Crippen LogP contribution in [0.2, 0.25) is 0 Å². The first-order chi connectivity index (χ1) is 7.27. The number of hydrogen-bond acceptors (Lipinski definition) is 2. The molecule has 0 amide bonds. The molecule has 0 aliphatic carbocycles. The summed E-state index contributed by atoms with van der Waals surface area (Å²) in [5.74, 6) is 0.603. The Labute approximate surface area is 94.5 Å². The van der Waals surface area contributed by atoms with Gasteiger partial charge in [-0.2, -0.15) is 0 Å². The van der Waals surface area contributed by atoms with Gasteiger partial charge in [0, 0.05) is 0 Å². The maximum Gasteiger partial charge on any atom is 0.311 e. The molecule has 3 heteroatoms. The Morgan fingerprint density at radius 2 is 1.07 bits per heavy atom. The lowest BCUT2D eigenvalue weighted by Gasteiger charge is -2.04. The Morgan fingerprint density at radius 1 is 0.667 bits per heavy atom. The minimum Gasteiger partial charge on any atom is -0.509 e. The summed E-state index contributed by atoms with van der Waals surface area (Å²) in [4.78, 5) is 0. The Balaban J connectivity index is 2.30. The monoisotopic (exact) mass is 213 g/mol. The van der Waals surface area contributed by atoms with Crippen molar-refractivity contribution in [2.45, 2.75) is 0 Å². The highest BCUT2D eigenvalue weighted by molar-refractivity contribution is 6.69. The van der Waals surface area contributed by atoms with Crippen LogP contribution in [-0.4, -0.2) is 25.4 Å². The second-order valence-corrected chi connectivity index (χ2v) is 4.79. The van der Waals surface area contributed by atoms with E-state index < -0.39 is 0 Å². The maximum atomic E-state index is 9.60. The zero-order chi connectivity index (χ0) is 10.7. The van der Waals surface area contributed by atoms with E-state index in [4.69, 9.17) is 0 Å². The van der Waals surface area contributed by atoms with E-state index in [2.05, 4.69) is 0 Å². The Hall–Kier alpha value is -1.43. The zero-order valence-electron chi connectivity index (χ0n) is 8.09. The second-order valence-electron chi connectivity index (χ2n) is 3.26. The van der Waals surface area contributed by atoms with Crippen LogP contribution in [0.25, 0.3) is 0 Å². The van der Waals surface area contributed by atoms with E-state index in [-0.39, 0.29) is 15.2 Å². The largest absolute Gasteiger partial charge is 0.509 e. The SMILES string of the molecule is Oc1cccc[c]1[Al][c]1ccccc1O. The summed E-state index contributed by atoms with van der Waals surface area (Å²) < 4.78 is 1.80. The third-order valence-electron chi connectivity index (χ3n) is 2.18. The van der Waals surface area contributed by atoms with E-state index >= 15 is 0 Å². The van der Waals surface area contributed by atoms with Crippen molar-refractivity contribution >= 4 is 24.1 Å². The predicted octanol–water partition coefficient (Wildman–Crippen LogP) is 0.753. The third kappa shape index (κ3) is 2.33. The first-order valence-electron chi connectivity index (χ1n) is 4.68. The Bertz CT molecular complexity index is 425. The van der Waals surface area contributed by atoms with E-state index in [1.165, 1.54) is 0 Å². The van der Waals surface area contributed by atoms with Gasteiger partial charge in [0.1, 0.15) is 11.5 Å². The summed E-state index contributed by atoms with van der Waals surface area (Å²) in [5, 5.41) is 19.2. The first-order valence-corrected chi connectivity index (χ1v) is 5.83. The van der Waals surface area contributed by atoms with Gasteiger partial charge in [0.25, 0.3) is 0 Å². The van der Waals surface area contributed by atoms with Gasteiger partial charge in [0.2, 0.25) is 0 Å². The smallest absolute Gasteiger partial charge is 0.311 e. The van der Waals surface area contributed by atoms with E-state index in [0.717, 1.165) is 8.85 Å². The van der Waals surface area contributed by atoms with E-state index in [1.54, 1.807) is 24.3 Å². The Morgan fingerprint density at radius 3 is 1.47 bits per heavy atom. The molecular formula is C12H10AlO2. The van der Waals surface area contributed by atoms with Crippen molar-refractivity contribution in [3.05, 3.63) is 48.5 Å². The molecule has 15 heavy (non-hydrogen) atoms. The number of aromatic hydroxyl groups is 2. The first kappa shape index (κ1) is 10.1. The molecule has 0 fully saturated rings. The summed E-state index contributed by atoms with van der Waals surface area (Å²) in [6.45, 7) is 0.